The Labute approximate surface area is 144 Å². The van der Waals surface area contributed by atoms with E-state index in [1.165, 1.54) is 0 Å². The summed E-state index contributed by atoms with van der Waals surface area (Å²) in [5, 5.41) is 0.468. The minimum atomic E-state index is -0.459. The van der Waals surface area contributed by atoms with Crippen molar-refractivity contribution in [3.63, 3.8) is 0 Å². The number of ether oxygens (including phenoxy) is 1. The van der Waals surface area contributed by atoms with E-state index >= 15 is 0 Å². The molecule has 2 fully saturated rings. The van der Waals surface area contributed by atoms with Crippen molar-refractivity contribution in [3.05, 3.63) is 27.5 Å². The van der Waals surface area contributed by atoms with E-state index in [4.69, 9.17) is 16.3 Å². The summed E-state index contributed by atoms with van der Waals surface area (Å²) in [7, 11) is 0. The number of amides is 1. The van der Waals surface area contributed by atoms with Crippen molar-refractivity contribution in [2.45, 2.75) is 63.6 Å². The first-order valence-electron chi connectivity index (χ1n) is 7.58. The van der Waals surface area contributed by atoms with Gasteiger partial charge in [-0.2, -0.15) is 0 Å². The molecular formula is C16H20BrClN2O2. The first kappa shape index (κ1) is 16.1. The van der Waals surface area contributed by atoms with Crippen LogP contribution in [-0.4, -0.2) is 33.7 Å². The molecule has 1 aromatic rings. The highest BCUT2D eigenvalue weighted by Gasteiger charge is 2.50. The Hall–Kier alpha value is -0.810. The lowest BCUT2D eigenvalue weighted by Gasteiger charge is -2.28. The summed E-state index contributed by atoms with van der Waals surface area (Å²) in [6, 6.07) is 2.50. The molecule has 2 aliphatic heterocycles. The van der Waals surface area contributed by atoms with Crippen molar-refractivity contribution in [3.8, 4) is 0 Å². The normalized spacial score (nSPS) is 27.3. The van der Waals surface area contributed by atoms with E-state index in [-0.39, 0.29) is 18.2 Å². The van der Waals surface area contributed by atoms with Crippen LogP contribution in [0.15, 0.2) is 16.7 Å². The lowest BCUT2D eigenvalue weighted by atomic mass is 9.85. The summed E-state index contributed by atoms with van der Waals surface area (Å²) in [5.74, 6) is 0.312. The van der Waals surface area contributed by atoms with E-state index in [0.29, 0.717) is 11.1 Å². The number of carbonyl (C=O) groups is 1. The maximum Gasteiger partial charge on any atom is 0.410 e. The quantitative estimate of drug-likeness (QED) is 0.653. The molecule has 0 spiro atoms. The Balaban J connectivity index is 1.81. The Morgan fingerprint density at radius 2 is 2.18 bits per heavy atom. The second-order valence-corrected chi connectivity index (χ2v) is 8.28. The summed E-state index contributed by atoms with van der Waals surface area (Å²) in [6.07, 6.45) is 4.69. The molecule has 0 radical (unpaired) electrons. The summed E-state index contributed by atoms with van der Waals surface area (Å²) in [4.78, 5) is 18.6. The molecular weight excluding hydrogens is 368 g/mol. The fraction of sp³-hybridized carbons (Fsp3) is 0.625. The van der Waals surface area contributed by atoms with Gasteiger partial charge in [-0.1, -0.05) is 11.6 Å². The Morgan fingerprint density at radius 3 is 2.82 bits per heavy atom. The third kappa shape index (κ3) is 2.98. The van der Waals surface area contributed by atoms with Gasteiger partial charge in [-0.25, -0.2) is 9.78 Å². The summed E-state index contributed by atoms with van der Waals surface area (Å²) >= 11 is 9.41. The number of halogens is 2. The number of aromatic nitrogens is 1. The summed E-state index contributed by atoms with van der Waals surface area (Å²) < 4.78 is 6.37. The standard InChI is InChI=1S/C16H20BrClN2O2/c1-16(2,3)22-15(21)20-10-4-5-13(20)11(7-10)9-6-12(17)14(18)19-8-9/h6,8,10-11,13H,4-5,7H2,1-3H3/t10-,11+,13+/m0/s1. The molecule has 2 saturated heterocycles. The molecule has 0 aliphatic carbocycles. The van der Waals surface area contributed by atoms with Gasteiger partial charge in [0.25, 0.3) is 0 Å². The van der Waals surface area contributed by atoms with E-state index in [1.807, 2.05) is 37.9 Å². The molecule has 6 heteroatoms. The van der Waals surface area contributed by atoms with Gasteiger partial charge >= 0.3 is 6.09 Å². The van der Waals surface area contributed by atoms with E-state index in [0.717, 1.165) is 29.3 Å². The molecule has 0 aromatic carbocycles. The molecule has 0 N–H and O–H groups in total. The molecule has 3 rings (SSSR count). The molecule has 0 unspecified atom stereocenters. The Bertz CT molecular complexity index is 602. The highest BCUT2D eigenvalue weighted by atomic mass is 79.9. The van der Waals surface area contributed by atoms with Crippen molar-refractivity contribution in [2.75, 3.05) is 0 Å². The maximum atomic E-state index is 12.5. The molecule has 0 saturated carbocycles. The Kier molecular flexibility index (Phi) is 4.14. The number of nitrogens with zero attached hydrogens (tertiary/aromatic N) is 2. The van der Waals surface area contributed by atoms with Crippen LogP contribution >= 0.6 is 27.5 Å². The number of pyridine rings is 1. The van der Waals surface area contributed by atoms with Crippen molar-refractivity contribution in [1.82, 2.24) is 9.88 Å². The van der Waals surface area contributed by atoms with Gasteiger partial charge in [0.05, 0.1) is 4.47 Å². The SMILES string of the molecule is CC(C)(C)OC(=O)N1[C@H]2CC[C@@H]1[C@@H](c1cnc(Cl)c(Br)c1)C2. The molecule has 22 heavy (non-hydrogen) atoms. The van der Waals surface area contributed by atoms with E-state index < -0.39 is 5.60 Å². The average Bonchev–Trinajstić information content (AvgIpc) is 2.97. The van der Waals surface area contributed by atoms with Gasteiger partial charge in [-0.3, -0.25) is 0 Å². The van der Waals surface area contributed by atoms with Gasteiger partial charge in [0.15, 0.2) is 0 Å². The zero-order valence-corrected chi connectivity index (χ0v) is 15.3. The average molecular weight is 388 g/mol. The minimum absolute atomic E-state index is 0.191. The second kappa shape index (κ2) is 5.68. The predicted molar refractivity (Wildman–Crippen MR) is 89.2 cm³/mol. The second-order valence-electron chi connectivity index (χ2n) is 7.07. The first-order valence-corrected chi connectivity index (χ1v) is 8.75. The summed E-state index contributed by atoms with van der Waals surface area (Å²) in [6.45, 7) is 5.71. The first-order chi connectivity index (χ1) is 10.3. The Morgan fingerprint density at radius 1 is 1.45 bits per heavy atom. The van der Waals surface area contributed by atoms with Gasteiger partial charge in [-0.05, 0) is 67.6 Å². The molecule has 120 valence electrons. The smallest absolute Gasteiger partial charge is 0.410 e. The van der Waals surface area contributed by atoms with E-state index in [2.05, 4.69) is 20.9 Å². The third-order valence-electron chi connectivity index (χ3n) is 4.39. The van der Waals surface area contributed by atoms with Crippen molar-refractivity contribution in [1.29, 1.82) is 0 Å². The predicted octanol–water partition coefficient (Wildman–Crippen LogP) is 4.75. The number of hydrogen-bond acceptors (Lipinski definition) is 3. The van der Waals surface area contributed by atoms with Crippen LogP contribution in [-0.2, 0) is 4.74 Å². The van der Waals surface area contributed by atoms with Gasteiger partial charge in [0.2, 0.25) is 0 Å². The van der Waals surface area contributed by atoms with Gasteiger partial charge in [0.1, 0.15) is 10.8 Å². The molecule has 1 aromatic heterocycles. The van der Waals surface area contributed by atoms with Gasteiger partial charge in [-0.15, -0.1) is 0 Å². The zero-order valence-electron chi connectivity index (χ0n) is 13.0. The number of hydrogen-bond donors (Lipinski definition) is 0. The van der Waals surface area contributed by atoms with Crippen LogP contribution in [0.1, 0.15) is 51.5 Å². The summed E-state index contributed by atoms with van der Waals surface area (Å²) in [5.41, 5.74) is 0.677. The fourth-order valence-electron chi connectivity index (χ4n) is 3.58. The molecule has 1 amide bonds. The van der Waals surface area contributed by atoms with Crippen LogP contribution in [0, 0.1) is 0 Å². The molecule has 2 aliphatic rings. The molecule has 4 nitrogen and oxygen atoms in total. The highest BCUT2D eigenvalue weighted by molar-refractivity contribution is 9.10. The zero-order chi connectivity index (χ0) is 16.1. The van der Waals surface area contributed by atoms with Gasteiger partial charge in [0, 0.05) is 24.2 Å². The lowest BCUT2D eigenvalue weighted by Crippen LogP contribution is -2.40. The largest absolute Gasteiger partial charge is 0.444 e. The van der Waals surface area contributed by atoms with Crippen LogP contribution < -0.4 is 0 Å². The monoisotopic (exact) mass is 386 g/mol. The van der Waals surface area contributed by atoms with Crippen molar-refractivity contribution >= 4 is 33.6 Å². The van der Waals surface area contributed by atoms with Crippen LogP contribution in [0.3, 0.4) is 0 Å². The van der Waals surface area contributed by atoms with Crippen LogP contribution in [0.2, 0.25) is 5.15 Å². The van der Waals surface area contributed by atoms with Crippen molar-refractivity contribution in [2.24, 2.45) is 0 Å². The topological polar surface area (TPSA) is 42.4 Å². The third-order valence-corrected chi connectivity index (χ3v) is 5.52. The molecule has 2 bridgehead atoms. The number of carbonyl (C=O) groups excluding carboxylic acids is 1. The number of fused-ring (bicyclic) bond motifs is 2. The molecule has 3 heterocycles. The lowest BCUT2D eigenvalue weighted by molar-refractivity contribution is 0.0213. The molecule has 3 atom stereocenters. The number of rotatable bonds is 1. The van der Waals surface area contributed by atoms with Crippen molar-refractivity contribution < 1.29 is 9.53 Å². The van der Waals surface area contributed by atoms with E-state index in [1.54, 1.807) is 0 Å². The van der Waals surface area contributed by atoms with E-state index in [9.17, 15) is 4.79 Å². The maximum absolute atomic E-state index is 12.5. The van der Waals surface area contributed by atoms with Crippen LogP contribution in [0.5, 0.6) is 0 Å². The van der Waals surface area contributed by atoms with Gasteiger partial charge < -0.3 is 9.64 Å². The highest BCUT2D eigenvalue weighted by Crippen LogP contribution is 2.47. The fourth-order valence-corrected chi connectivity index (χ4v) is 4.05. The van der Waals surface area contributed by atoms with Crippen LogP contribution in [0.4, 0.5) is 4.79 Å². The van der Waals surface area contributed by atoms with Crippen LogP contribution in [0.25, 0.3) is 0 Å². The minimum Gasteiger partial charge on any atom is -0.444 e.